The molecule has 2 aromatic heterocycles. The number of nitriles is 1. The van der Waals surface area contributed by atoms with E-state index >= 15 is 0 Å². The molecule has 0 aliphatic carbocycles. The highest BCUT2D eigenvalue weighted by Gasteiger charge is 2.22. The van der Waals surface area contributed by atoms with E-state index in [1.807, 2.05) is 18.2 Å². The summed E-state index contributed by atoms with van der Waals surface area (Å²) in [6.07, 6.45) is 3.86. The number of alkyl halides is 2. The fourth-order valence-corrected chi connectivity index (χ4v) is 4.97. The van der Waals surface area contributed by atoms with E-state index in [1.165, 1.54) is 0 Å². The molecule has 3 aromatic rings. The van der Waals surface area contributed by atoms with E-state index in [1.54, 1.807) is 10.7 Å². The normalized spacial score (nSPS) is 15.0. The van der Waals surface area contributed by atoms with Crippen molar-refractivity contribution in [1.29, 1.82) is 5.26 Å². The lowest BCUT2D eigenvalue weighted by molar-refractivity contribution is 0.139. The first kappa shape index (κ1) is 25.5. The number of hydrogen-bond acceptors (Lipinski definition) is 7. The highest BCUT2D eigenvalue weighted by Crippen LogP contribution is 2.24. The van der Waals surface area contributed by atoms with Crippen molar-refractivity contribution in [2.75, 3.05) is 62.3 Å². The molecule has 1 fully saturated rings. The summed E-state index contributed by atoms with van der Waals surface area (Å²) < 4.78 is 1.70. The van der Waals surface area contributed by atoms with Crippen molar-refractivity contribution in [3.63, 3.8) is 0 Å². The zero-order chi connectivity index (χ0) is 24.8. The Balaban J connectivity index is 1.55. The standard InChI is InChI=1S/C25H32Cl2N8/c1-32(2)22-7-11-33(12-8-22)18-21-15-24(35-25(31-21)19(16-28)17-29-35)30-20-3-5-23(6-4-20)34(13-9-26)14-10-27/h3-6,15,17,22,30H,7-14,18H2,1-2H3. The third-order valence-corrected chi connectivity index (χ3v) is 6.87. The highest BCUT2D eigenvalue weighted by atomic mass is 35.5. The molecule has 186 valence electrons. The van der Waals surface area contributed by atoms with Crippen molar-refractivity contribution >= 4 is 46.0 Å². The van der Waals surface area contributed by atoms with Crippen LogP contribution in [0.25, 0.3) is 5.65 Å². The molecular weight excluding hydrogens is 483 g/mol. The molecule has 0 radical (unpaired) electrons. The molecule has 1 aliphatic heterocycles. The molecule has 0 unspecified atom stereocenters. The van der Waals surface area contributed by atoms with Gasteiger partial charge in [0.15, 0.2) is 5.65 Å². The van der Waals surface area contributed by atoms with Gasteiger partial charge in [0.1, 0.15) is 17.5 Å². The summed E-state index contributed by atoms with van der Waals surface area (Å²) in [4.78, 5) is 11.7. The average Bonchev–Trinajstić information content (AvgIpc) is 3.28. The topological polar surface area (TPSA) is 75.7 Å². The van der Waals surface area contributed by atoms with Gasteiger partial charge in [0.05, 0.1) is 11.9 Å². The largest absolute Gasteiger partial charge is 0.369 e. The van der Waals surface area contributed by atoms with Gasteiger partial charge in [-0.15, -0.1) is 23.2 Å². The van der Waals surface area contributed by atoms with Gasteiger partial charge in [0, 0.05) is 68.0 Å². The highest BCUT2D eigenvalue weighted by molar-refractivity contribution is 6.18. The van der Waals surface area contributed by atoms with Crippen LogP contribution in [0.4, 0.5) is 17.2 Å². The van der Waals surface area contributed by atoms with Crippen LogP contribution >= 0.6 is 23.2 Å². The van der Waals surface area contributed by atoms with Crippen LogP contribution in [0.2, 0.25) is 0 Å². The second-order valence-corrected chi connectivity index (χ2v) is 9.80. The van der Waals surface area contributed by atoms with Crippen LogP contribution in [0.15, 0.2) is 36.5 Å². The van der Waals surface area contributed by atoms with Crippen molar-refractivity contribution in [2.24, 2.45) is 0 Å². The van der Waals surface area contributed by atoms with E-state index in [-0.39, 0.29) is 0 Å². The molecule has 0 amide bonds. The Kier molecular flexibility index (Phi) is 8.69. The zero-order valence-electron chi connectivity index (χ0n) is 20.3. The van der Waals surface area contributed by atoms with Crippen LogP contribution in [-0.2, 0) is 6.54 Å². The van der Waals surface area contributed by atoms with Crippen molar-refractivity contribution in [1.82, 2.24) is 24.4 Å². The summed E-state index contributed by atoms with van der Waals surface area (Å²) in [7, 11) is 4.30. The van der Waals surface area contributed by atoms with Crippen LogP contribution < -0.4 is 10.2 Å². The lowest BCUT2D eigenvalue weighted by Crippen LogP contribution is -2.41. The second-order valence-electron chi connectivity index (χ2n) is 9.05. The summed E-state index contributed by atoms with van der Waals surface area (Å²) in [6.45, 7) is 4.29. The molecule has 35 heavy (non-hydrogen) atoms. The Morgan fingerprint density at radius 3 is 2.40 bits per heavy atom. The number of hydrogen-bond donors (Lipinski definition) is 1. The number of benzene rings is 1. The molecule has 1 saturated heterocycles. The molecule has 1 N–H and O–H groups in total. The molecular formula is C25H32Cl2N8. The number of anilines is 3. The van der Waals surface area contributed by atoms with Crippen molar-refractivity contribution < 1.29 is 0 Å². The second kappa shape index (κ2) is 11.9. The quantitative estimate of drug-likeness (QED) is 0.407. The van der Waals surface area contributed by atoms with E-state index in [9.17, 15) is 5.26 Å². The number of piperidine rings is 1. The summed E-state index contributed by atoms with van der Waals surface area (Å²) in [5, 5.41) is 17.4. The minimum atomic E-state index is 0.467. The maximum Gasteiger partial charge on any atom is 0.175 e. The van der Waals surface area contributed by atoms with Gasteiger partial charge in [-0.2, -0.15) is 14.9 Å². The number of fused-ring (bicyclic) bond motifs is 1. The summed E-state index contributed by atoms with van der Waals surface area (Å²) in [6, 6.07) is 13.0. The minimum Gasteiger partial charge on any atom is -0.369 e. The molecule has 0 saturated carbocycles. The van der Waals surface area contributed by atoms with Gasteiger partial charge >= 0.3 is 0 Å². The number of likely N-dealkylation sites (tertiary alicyclic amines) is 1. The molecule has 10 heteroatoms. The molecule has 4 rings (SSSR count). The average molecular weight is 515 g/mol. The van der Waals surface area contributed by atoms with Crippen molar-refractivity contribution in [2.45, 2.75) is 25.4 Å². The minimum absolute atomic E-state index is 0.467. The molecule has 8 nitrogen and oxygen atoms in total. The Hall–Kier alpha value is -2.57. The summed E-state index contributed by atoms with van der Waals surface area (Å²) in [5.41, 5.74) is 3.96. The van der Waals surface area contributed by atoms with E-state index in [2.05, 4.69) is 57.4 Å². The Bertz CT molecular complexity index is 1140. The monoisotopic (exact) mass is 514 g/mol. The van der Waals surface area contributed by atoms with Gasteiger partial charge < -0.3 is 15.1 Å². The van der Waals surface area contributed by atoms with Crippen LogP contribution in [0.3, 0.4) is 0 Å². The predicted molar refractivity (Wildman–Crippen MR) is 143 cm³/mol. The van der Waals surface area contributed by atoms with Crippen LogP contribution in [0, 0.1) is 11.3 Å². The van der Waals surface area contributed by atoms with Gasteiger partial charge in [-0.25, -0.2) is 4.98 Å². The van der Waals surface area contributed by atoms with Gasteiger partial charge in [-0.3, -0.25) is 4.90 Å². The van der Waals surface area contributed by atoms with E-state index in [4.69, 9.17) is 28.2 Å². The fraction of sp³-hybridized carbons (Fsp3) is 0.480. The third kappa shape index (κ3) is 6.17. The Labute approximate surface area is 217 Å². The number of halogens is 2. The molecule has 1 aliphatic rings. The first-order valence-corrected chi connectivity index (χ1v) is 13.0. The lowest BCUT2D eigenvalue weighted by Gasteiger charge is -2.35. The number of nitrogens with zero attached hydrogens (tertiary/aromatic N) is 7. The molecule has 0 spiro atoms. The van der Waals surface area contributed by atoms with Crippen LogP contribution in [0.5, 0.6) is 0 Å². The summed E-state index contributed by atoms with van der Waals surface area (Å²) in [5.74, 6) is 1.87. The zero-order valence-corrected chi connectivity index (χ0v) is 21.8. The Morgan fingerprint density at radius 1 is 1.11 bits per heavy atom. The fourth-order valence-electron chi connectivity index (χ4n) is 4.56. The molecule has 0 atom stereocenters. The van der Waals surface area contributed by atoms with Gasteiger partial charge in [0.2, 0.25) is 0 Å². The lowest BCUT2D eigenvalue weighted by atomic mass is 10.0. The van der Waals surface area contributed by atoms with Crippen LogP contribution in [-0.4, -0.2) is 82.5 Å². The molecule has 1 aromatic carbocycles. The van der Waals surface area contributed by atoms with Crippen molar-refractivity contribution in [3.8, 4) is 6.07 Å². The maximum absolute atomic E-state index is 9.57. The Morgan fingerprint density at radius 2 is 1.80 bits per heavy atom. The third-order valence-electron chi connectivity index (χ3n) is 6.53. The molecule has 3 heterocycles. The number of aromatic nitrogens is 3. The van der Waals surface area contributed by atoms with Crippen LogP contribution in [0.1, 0.15) is 24.1 Å². The SMILES string of the molecule is CN(C)C1CCN(Cc2cc(Nc3ccc(N(CCCl)CCCl)cc3)n3ncc(C#N)c3n2)CC1. The number of rotatable bonds is 10. The number of nitrogens with one attached hydrogen (secondary N) is 1. The van der Waals surface area contributed by atoms with E-state index in [0.29, 0.717) is 29.0 Å². The van der Waals surface area contributed by atoms with E-state index in [0.717, 1.165) is 68.5 Å². The van der Waals surface area contributed by atoms with E-state index < -0.39 is 0 Å². The predicted octanol–water partition coefficient (Wildman–Crippen LogP) is 4.15. The maximum atomic E-state index is 9.57. The molecule has 0 bridgehead atoms. The summed E-state index contributed by atoms with van der Waals surface area (Å²) >= 11 is 11.9. The van der Waals surface area contributed by atoms with Crippen molar-refractivity contribution in [3.05, 3.63) is 47.8 Å². The first-order valence-electron chi connectivity index (χ1n) is 11.9. The van der Waals surface area contributed by atoms with Gasteiger partial charge in [0.25, 0.3) is 0 Å². The first-order chi connectivity index (χ1) is 17.0. The van der Waals surface area contributed by atoms with Gasteiger partial charge in [-0.1, -0.05) is 0 Å². The van der Waals surface area contributed by atoms with Gasteiger partial charge in [-0.05, 0) is 51.2 Å². The smallest absolute Gasteiger partial charge is 0.175 e.